The van der Waals surface area contributed by atoms with Crippen LogP contribution in [0.25, 0.3) is 10.1 Å². The number of thiophene rings is 1. The maximum absolute atomic E-state index is 13.2. The van der Waals surface area contributed by atoms with E-state index in [0.717, 1.165) is 15.6 Å². The molecule has 2 heteroatoms. The van der Waals surface area contributed by atoms with Gasteiger partial charge in [-0.25, -0.2) is 4.39 Å². The van der Waals surface area contributed by atoms with Gasteiger partial charge in [0.25, 0.3) is 0 Å². The van der Waals surface area contributed by atoms with Gasteiger partial charge in [-0.1, -0.05) is 6.07 Å². The zero-order valence-corrected chi connectivity index (χ0v) is 7.33. The van der Waals surface area contributed by atoms with E-state index in [-0.39, 0.29) is 5.82 Å². The molecule has 0 aliphatic carbocycles. The first kappa shape index (κ1) is 7.74. The molecule has 1 aromatic heterocycles. The molecule has 0 amide bonds. The van der Waals surface area contributed by atoms with Crippen LogP contribution >= 0.6 is 11.3 Å². The van der Waals surface area contributed by atoms with Gasteiger partial charge in [-0.2, -0.15) is 0 Å². The molecule has 0 fully saturated rings. The Morgan fingerprint density at radius 1 is 1.42 bits per heavy atom. The summed E-state index contributed by atoms with van der Waals surface area (Å²) < 4.78 is 14.3. The van der Waals surface area contributed by atoms with E-state index in [1.165, 1.54) is 6.07 Å². The average Bonchev–Trinajstić information content (AvgIpc) is 2.49. The molecule has 1 aromatic carbocycles. The van der Waals surface area contributed by atoms with Gasteiger partial charge in [0.15, 0.2) is 0 Å². The lowest BCUT2D eigenvalue weighted by molar-refractivity contribution is 0.639. The Morgan fingerprint density at radius 3 is 3.00 bits per heavy atom. The molecular weight excluding hydrogens is 171 g/mol. The van der Waals surface area contributed by atoms with Crippen molar-refractivity contribution in [1.82, 2.24) is 0 Å². The summed E-state index contributed by atoms with van der Waals surface area (Å²) in [5, 5.41) is 2.72. The van der Waals surface area contributed by atoms with Gasteiger partial charge in [-0.05, 0) is 36.4 Å². The first-order valence-corrected chi connectivity index (χ1v) is 4.64. The normalized spacial score (nSPS) is 10.8. The highest BCUT2D eigenvalue weighted by Crippen LogP contribution is 2.28. The van der Waals surface area contributed by atoms with Crippen molar-refractivity contribution < 1.29 is 4.39 Å². The van der Waals surface area contributed by atoms with Crippen LogP contribution in [0, 0.1) is 12.7 Å². The van der Waals surface area contributed by atoms with Crippen LogP contribution in [-0.4, -0.2) is 0 Å². The summed E-state index contributed by atoms with van der Waals surface area (Å²) in [5.74, 6) is -0.132. The summed E-state index contributed by atoms with van der Waals surface area (Å²) >= 11 is 1.57. The summed E-state index contributed by atoms with van der Waals surface area (Å²) in [6.45, 7) is 3.76. The van der Waals surface area contributed by atoms with Crippen LogP contribution in [0.15, 0.2) is 23.6 Å². The van der Waals surface area contributed by atoms with Crippen molar-refractivity contribution in [3.63, 3.8) is 0 Å². The number of rotatable bonds is 1. The summed E-state index contributed by atoms with van der Waals surface area (Å²) in [5.41, 5.74) is 1.01. The van der Waals surface area contributed by atoms with Crippen LogP contribution in [0.5, 0.6) is 0 Å². The standard InChI is InChI=1S/C10H8FS/c1-2-7-6-12-9-5-3-4-8(11)10(7)9/h3-6H,1-2H2. The molecule has 0 spiro atoms. The predicted octanol–water partition coefficient (Wildman–Crippen LogP) is 3.42. The van der Waals surface area contributed by atoms with Crippen molar-refractivity contribution in [2.75, 3.05) is 0 Å². The fourth-order valence-electron chi connectivity index (χ4n) is 1.29. The molecular formula is C10H8FS. The minimum absolute atomic E-state index is 0.132. The molecule has 61 valence electrons. The van der Waals surface area contributed by atoms with E-state index >= 15 is 0 Å². The molecule has 0 aliphatic heterocycles. The van der Waals surface area contributed by atoms with Crippen molar-refractivity contribution in [2.24, 2.45) is 0 Å². The van der Waals surface area contributed by atoms with Crippen molar-refractivity contribution in [1.29, 1.82) is 0 Å². The molecule has 12 heavy (non-hydrogen) atoms. The molecule has 0 N–H and O–H groups in total. The molecule has 2 rings (SSSR count). The van der Waals surface area contributed by atoms with Gasteiger partial charge in [0.1, 0.15) is 5.82 Å². The smallest absolute Gasteiger partial charge is 0.132 e. The van der Waals surface area contributed by atoms with Crippen LogP contribution in [0.3, 0.4) is 0 Å². The number of benzene rings is 1. The Labute approximate surface area is 74.6 Å². The zero-order valence-electron chi connectivity index (χ0n) is 6.51. The topological polar surface area (TPSA) is 0 Å². The third-order valence-electron chi connectivity index (χ3n) is 1.89. The highest BCUT2D eigenvalue weighted by atomic mass is 32.1. The number of hydrogen-bond donors (Lipinski definition) is 0. The molecule has 0 nitrogen and oxygen atoms in total. The second-order valence-corrected chi connectivity index (χ2v) is 3.54. The lowest BCUT2D eigenvalue weighted by Crippen LogP contribution is -1.80. The molecule has 2 aromatic rings. The third kappa shape index (κ3) is 1.03. The first-order chi connectivity index (χ1) is 5.83. The molecule has 0 saturated heterocycles. The number of halogens is 1. The van der Waals surface area contributed by atoms with Gasteiger partial charge in [0.2, 0.25) is 0 Å². The molecule has 0 bridgehead atoms. The van der Waals surface area contributed by atoms with E-state index in [4.69, 9.17) is 0 Å². The van der Waals surface area contributed by atoms with E-state index < -0.39 is 0 Å². The fraction of sp³-hybridized carbons (Fsp3) is 0.100. The van der Waals surface area contributed by atoms with Gasteiger partial charge >= 0.3 is 0 Å². The maximum Gasteiger partial charge on any atom is 0.132 e. The largest absolute Gasteiger partial charge is 0.206 e. The number of fused-ring (bicyclic) bond motifs is 1. The Hall–Kier alpha value is -0.890. The number of hydrogen-bond acceptors (Lipinski definition) is 1. The van der Waals surface area contributed by atoms with Crippen molar-refractivity contribution >= 4 is 21.4 Å². The van der Waals surface area contributed by atoms with Crippen LogP contribution in [0.1, 0.15) is 5.56 Å². The third-order valence-corrected chi connectivity index (χ3v) is 2.89. The predicted molar refractivity (Wildman–Crippen MR) is 50.8 cm³/mol. The Morgan fingerprint density at radius 2 is 2.25 bits per heavy atom. The Balaban J connectivity index is 2.83. The van der Waals surface area contributed by atoms with Gasteiger partial charge in [-0.3, -0.25) is 0 Å². The summed E-state index contributed by atoms with van der Waals surface area (Å²) in [4.78, 5) is 0. The summed E-state index contributed by atoms with van der Waals surface area (Å²) in [7, 11) is 0. The zero-order chi connectivity index (χ0) is 8.55. The van der Waals surface area contributed by atoms with Crippen molar-refractivity contribution in [2.45, 2.75) is 6.42 Å². The Bertz CT molecular complexity index is 403. The lowest BCUT2D eigenvalue weighted by Gasteiger charge is -1.94. The fourth-order valence-corrected chi connectivity index (χ4v) is 2.30. The van der Waals surface area contributed by atoms with Crippen LogP contribution in [0.4, 0.5) is 4.39 Å². The minimum Gasteiger partial charge on any atom is -0.206 e. The van der Waals surface area contributed by atoms with E-state index in [9.17, 15) is 4.39 Å². The first-order valence-electron chi connectivity index (χ1n) is 3.77. The second-order valence-electron chi connectivity index (χ2n) is 2.62. The van der Waals surface area contributed by atoms with Gasteiger partial charge < -0.3 is 0 Å². The molecule has 1 heterocycles. The summed E-state index contributed by atoms with van der Waals surface area (Å²) in [6.07, 6.45) is 0.654. The van der Waals surface area contributed by atoms with Crippen LogP contribution in [-0.2, 0) is 6.42 Å². The van der Waals surface area contributed by atoms with Crippen molar-refractivity contribution in [3.05, 3.63) is 41.9 Å². The highest BCUT2D eigenvalue weighted by Gasteiger charge is 2.05. The van der Waals surface area contributed by atoms with Crippen LogP contribution in [0.2, 0.25) is 0 Å². The van der Waals surface area contributed by atoms with Gasteiger partial charge in [-0.15, -0.1) is 11.3 Å². The van der Waals surface area contributed by atoms with E-state index in [1.54, 1.807) is 17.4 Å². The molecule has 0 unspecified atom stereocenters. The van der Waals surface area contributed by atoms with Crippen molar-refractivity contribution in [3.8, 4) is 0 Å². The molecule has 0 saturated carbocycles. The van der Waals surface area contributed by atoms with Gasteiger partial charge in [0.05, 0.1) is 0 Å². The Kier molecular flexibility index (Phi) is 1.85. The molecule has 0 atom stereocenters. The van der Waals surface area contributed by atoms with Crippen LogP contribution < -0.4 is 0 Å². The van der Waals surface area contributed by atoms with E-state index in [0.29, 0.717) is 6.42 Å². The van der Waals surface area contributed by atoms with E-state index in [2.05, 4.69) is 6.92 Å². The summed E-state index contributed by atoms with van der Waals surface area (Å²) in [6, 6.07) is 5.16. The molecule has 1 radical (unpaired) electrons. The average molecular weight is 179 g/mol. The quantitative estimate of drug-likeness (QED) is 0.629. The second kappa shape index (κ2) is 2.87. The van der Waals surface area contributed by atoms with Gasteiger partial charge in [0, 0.05) is 10.1 Å². The van der Waals surface area contributed by atoms with E-state index in [1.807, 2.05) is 11.4 Å². The SMILES string of the molecule is [CH2]Cc1csc2cccc(F)c12. The highest BCUT2D eigenvalue weighted by molar-refractivity contribution is 7.17. The monoisotopic (exact) mass is 179 g/mol. The molecule has 0 aliphatic rings. The lowest BCUT2D eigenvalue weighted by atomic mass is 10.1. The minimum atomic E-state index is -0.132. The maximum atomic E-state index is 13.2.